The lowest BCUT2D eigenvalue weighted by Gasteiger charge is -2.28. The zero-order valence-corrected chi connectivity index (χ0v) is 18.4. The quantitative estimate of drug-likeness (QED) is 0.609. The Morgan fingerprint density at radius 3 is 2.77 bits per heavy atom. The van der Waals surface area contributed by atoms with Gasteiger partial charge in [-0.15, -0.1) is 11.3 Å². The number of thiazole rings is 1. The molecule has 5 rings (SSSR count). The minimum atomic E-state index is 0.0523. The van der Waals surface area contributed by atoms with Crippen LogP contribution in [0.25, 0.3) is 10.6 Å². The monoisotopic (exact) mass is 440 g/mol. The molecule has 0 unspecified atom stereocenters. The average molecular weight is 441 g/mol. The van der Waals surface area contributed by atoms with E-state index in [-0.39, 0.29) is 5.56 Å². The lowest BCUT2D eigenvalue weighted by Crippen LogP contribution is -2.36. The highest BCUT2D eigenvalue weighted by atomic mass is 35.5. The Balaban J connectivity index is 1.29. The molecule has 1 aliphatic heterocycles. The standard InChI is InChI=1S/C23H25ClN4OS/c24-17-8-6-16(7-9-17)23-25-12-18(30-23)13-28-11-10-20-19(14-28)22(29)27-21(26-20)15-4-2-1-3-5-15/h6-9,12,15H,1-5,10-11,13-14H2,(H,26,27,29). The van der Waals surface area contributed by atoms with Crippen LogP contribution in [-0.2, 0) is 19.5 Å². The Bertz CT molecular complexity index is 1090. The van der Waals surface area contributed by atoms with Crippen molar-refractivity contribution in [2.45, 2.75) is 57.5 Å². The Labute approximate surface area is 185 Å². The summed E-state index contributed by atoms with van der Waals surface area (Å²) in [5.74, 6) is 1.35. The summed E-state index contributed by atoms with van der Waals surface area (Å²) in [6.07, 6.45) is 8.86. The van der Waals surface area contributed by atoms with Gasteiger partial charge < -0.3 is 4.98 Å². The predicted octanol–water partition coefficient (Wildman–Crippen LogP) is 5.15. The molecule has 7 heteroatoms. The molecule has 3 heterocycles. The highest BCUT2D eigenvalue weighted by Crippen LogP contribution is 2.31. The first kappa shape index (κ1) is 19.9. The molecule has 5 nitrogen and oxygen atoms in total. The van der Waals surface area contributed by atoms with Crippen molar-refractivity contribution in [1.29, 1.82) is 0 Å². The Morgan fingerprint density at radius 2 is 1.97 bits per heavy atom. The van der Waals surface area contributed by atoms with Gasteiger partial charge in [-0.05, 0) is 25.0 Å². The van der Waals surface area contributed by atoms with Gasteiger partial charge in [-0.3, -0.25) is 9.69 Å². The van der Waals surface area contributed by atoms with E-state index in [1.807, 2.05) is 30.5 Å². The topological polar surface area (TPSA) is 61.9 Å². The number of aromatic nitrogens is 3. The molecule has 1 fully saturated rings. The molecule has 1 N–H and O–H groups in total. The van der Waals surface area contributed by atoms with Gasteiger partial charge in [0.1, 0.15) is 10.8 Å². The second-order valence-electron chi connectivity index (χ2n) is 8.31. The van der Waals surface area contributed by atoms with E-state index < -0.39 is 0 Å². The zero-order chi connectivity index (χ0) is 20.5. The van der Waals surface area contributed by atoms with Crippen LogP contribution in [0, 0.1) is 0 Å². The van der Waals surface area contributed by atoms with Crippen LogP contribution >= 0.6 is 22.9 Å². The van der Waals surface area contributed by atoms with Crippen molar-refractivity contribution < 1.29 is 0 Å². The Kier molecular flexibility index (Phi) is 5.72. The maximum Gasteiger partial charge on any atom is 0.255 e. The molecule has 0 radical (unpaired) electrons. The smallest absolute Gasteiger partial charge is 0.255 e. The largest absolute Gasteiger partial charge is 0.310 e. The summed E-state index contributed by atoms with van der Waals surface area (Å²) in [6.45, 7) is 2.37. The lowest BCUT2D eigenvalue weighted by atomic mass is 9.88. The van der Waals surface area contributed by atoms with Crippen molar-refractivity contribution in [3.63, 3.8) is 0 Å². The number of aromatic amines is 1. The molecule has 0 amide bonds. The molecule has 0 bridgehead atoms. The van der Waals surface area contributed by atoms with E-state index in [0.717, 1.165) is 65.0 Å². The van der Waals surface area contributed by atoms with Gasteiger partial charge in [0.2, 0.25) is 0 Å². The van der Waals surface area contributed by atoms with Gasteiger partial charge in [-0.1, -0.05) is 43.0 Å². The summed E-state index contributed by atoms with van der Waals surface area (Å²) in [5, 5.41) is 1.73. The summed E-state index contributed by atoms with van der Waals surface area (Å²) in [6, 6.07) is 7.77. The minimum absolute atomic E-state index is 0.0523. The van der Waals surface area contributed by atoms with Gasteiger partial charge in [-0.2, -0.15) is 0 Å². The number of fused-ring (bicyclic) bond motifs is 1. The first-order valence-electron chi connectivity index (χ1n) is 10.7. The van der Waals surface area contributed by atoms with Crippen molar-refractivity contribution in [2.75, 3.05) is 6.54 Å². The minimum Gasteiger partial charge on any atom is -0.310 e. The molecule has 0 spiro atoms. The predicted molar refractivity (Wildman–Crippen MR) is 121 cm³/mol. The summed E-state index contributed by atoms with van der Waals surface area (Å²) >= 11 is 7.68. The molecule has 1 aromatic carbocycles. The van der Waals surface area contributed by atoms with E-state index in [2.05, 4.69) is 14.9 Å². The highest BCUT2D eigenvalue weighted by molar-refractivity contribution is 7.15. The molecule has 30 heavy (non-hydrogen) atoms. The first-order valence-corrected chi connectivity index (χ1v) is 11.9. The fourth-order valence-corrected chi connectivity index (χ4v) is 5.62. The van der Waals surface area contributed by atoms with E-state index in [1.165, 1.54) is 24.1 Å². The third-order valence-electron chi connectivity index (χ3n) is 6.18. The summed E-state index contributed by atoms with van der Waals surface area (Å²) < 4.78 is 0. The fraction of sp³-hybridized carbons (Fsp3) is 0.435. The maximum atomic E-state index is 12.8. The van der Waals surface area contributed by atoms with Crippen LogP contribution in [0.5, 0.6) is 0 Å². The Morgan fingerprint density at radius 1 is 1.17 bits per heavy atom. The van der Waals surface area contributed by atoms with Crippen LogP contribution in [0.3, 0.4) is 0 Å². The summed E-state index contributed by atoms with van der Waals surface area (Å²) in [7, 11) is 0. The van der Waals surface area contributed by atoms with Gasteiger partial charge in [0.05, 0.1) is 11.3 Å². The van der Waals surface area contributed by atoms with Gasteiger partial charge >= 0.3 is 0 Å². The normalized spacial score (nSPS) is 17.8. The molecule has 3 aromatic rings. The van der Waals surface area contributed by atoms with Crippen LogP contribution in [-0.4, -0.2) is 26.4 Å². The number of benzene rings is 1. The summed E-state index contributed by atoms with van der Waals surface area (Å²) in [4.78, 5) is 28.9. The first-order chi connectivity index (χ1) is 14.7. The second kappa shape index (κ2) is 8.61. The third-order valence-corrected chi connectivity index (χ3v) is 7.47. The van der Waals surface area contributed by atoms with Crippen molar-refractivity contribution in [1.82, 2.24) is 19.9 Å². The molecule has 0 atom stereocenters. The van der Waals surface area contributed by atoms with Crippen molar-refractivity contribution in [2.24, 2.45) is 0 Å². The van der Waals surface area contributed by atoms with Gasteiger partial charge in [0, 0.05) is 53.6 Å². The zero-order valence-electron chi connectivity index (χ0n) is 16.9. The van der Waals surface area contributed by atoms with Crippen LogP contribution in [0.2, 0.25) is 5.02 Å². The van der Waals surface area contributed by atoms with E-state index >= 15 is 0 Å². The fourth-order valence-electron chi connectivity index (χ4n) is 4.53. The van der Waals surface area contributed by atoms with Crippen LogP contribution in [0.15, 0.2) is 35.3 Å². The second-order valence-corrected chi connectivity index (χ2v) is 9.86. The SMILES string of the molecule is O=c1[nH]c(C2CCCCC2)nc2c1CN(Cc1cnc(-c3ccc(Cl)cc3)s1)CC2. The van der Waals surface area contributed by atoms with E-state index in [9.17, 15) is 4.79 Å². The van der Waals surface area contributed by atoms with Crippen LogP contribution < -0.4 is 5.56 Å². The number of hydrogen-bond acceptors (Lipinski definition) is 5. The molecule has 156 valence electrons. The summed E-state index contributed by atoms with van der Waals surface area (Å²) in [5.41, 5.74) is 2.97. The molecular weight excluding hydrogens is 416 g/mol. The number of H-pyrrole nitrogens is 1. The molecule has 1 aliphatic carbocycles. The highest BCUT2D eigenvalue weighted by Gasteiger charge is 2.25. The molecule has 1 saturated carbocycles. The van der Waals surface area contributed by atoms with Gasteiger partial charge in [0.15, 0.2) is 0 Å². The molecule has 2 aromatic heterocycles. The lowest BCUT2D eigenvalue weighted by molar-refractivity contribution is 0.243. The van der Waals surface area contributed by atoms with Crippen molar-refractivity contribution >= 4 is 22.9 Å². The van der Waals surface area contributed by atoms with E-state index in [1.54, 1.807) is 11.3 Å². The van der Waals surface area contributed by atoms with E-state index in [0.29, 0.717) is 12.5 Å². The van der Waals surface area contributed by atoms with Gasteiger partial charge in [-0.25, -0.2) is 9.97 Å². The van der Waals surface area contributed by atoms with Crippen LogP contribution in [0.4, 0.5) is 0 Å². The molecule has 0 saturated heterocycles. The molecular formula is C23H25ClN4OS. The van der Waals surface area contributed by atoms with Gasteiger partial charge in [0.25, 0.3) is 5.56 Å². The van der Waals surface area contributed by atoms with E-state index in [4.69, 9.17) is 16.6 Å². The third kappa shape index (κ3) is 4.22. The number of nitrogens with zero attached hydrogens (tertiary/aromatic N) is 3. The number of hydrogen-bond donors (Lipinski definition) is 1. The average Bonchev–Trinajstić information content (AvgIpc) is 3.23. The van der Waals surface area contributed by atoms with Crippen molar-refractivity contribution in [3.8, 4) is 10.6 Å². The molecule has 2 aliphatic rings. The number of halogens is 1. The van der Waals surface area contributed by atoms with Crippen molar-refractivity contribution in [3.05, 3.63) is 67.8 Å². The number of rotatable bonds is 4. The maximum absolute atomic E-state index is 12.8. The van der Waals surface area contributed by atoms with Crippen LogP contribution in [0.1, 0.15) is 60.0 Å². The Hall–Kier alpha value is -2.02. The number of nitrogens with one attached hydrogen (secondary N) is 1.